The van der Waals surface area contributed by atoms with Gasteiger partial charge in [0.15, 0.2) is 0 Å². The molecular formula is C12H24N2O. The molecule has 2 aliphatic rings. The highest BCUT2D eigenvalue weighted by Crippen LogP contribution is 2.29. The topological polar surface area (TPSA) is 24.5 Å². The molecule has 0 radical (unpaired) electrons. The molecule has 2 atom stereocenters. The van der Waals surface area contributed by atoms with Crippen LogP contribution in [0.3, 0.4) is 0 Å². The molecule has 88 valence electrons. The predicted octanol–water partition coefficient (Wildman–Crippen LogP) is 1.24. The first-order valence-corrected chi connectivity index (χ1v) is 6.16. The van der Waals surface area contributed by atoms with Crippen molar-refractivity contribution in [1.29, 1.82) is 0 Å². The number of nitrogens with one attached hydrogen (secondary N) is 1. The second kappa shape index (κ2) is 4.04. The largest absolute Gasteiger partial charge is 0.379 e. The maximum atomic E-state index is 5.55. The minimum Gasteiger partial charge on any atom is -0.379 e. The van der Waals surface area contributed by atoms with Gasteiger partial charge in [0.05, 0.1) is 6.61 Å². The van der Waals surface area contributed by atoms with Gasteiger partial charge in [-0.25, -0.2) is 0 Å². The minimum absolute atomic E-state index is 0.290. The molecule has 0 aromatic rings. The molecule has 0 bridgehead atoms. The monoisotopic (exact) mass is 212 g/mol. The van der Waals surface area contributed by atoms with E-state index in [0.717, 1.165) is 32.8 Å². The highest BCUT2D eigenvalue weighted by molar-refractivity contribution is 4.98. The first kappa shape index (κ1) is 11.4. The molecule has 0 aromatic carbocycles. The first-order chi connectivity index (χ1) is 7.08. The van der Waals surface area contributed by atoms with Crippen LogP contribution in [0.25, 0.3) is 0 Å². The molecule has 2 unspecified atom stereocenters. The van der Waals surface area contributed by atoms with Gasteiger partial charge in [0.2, 0.25) is 0 Å². The second-order valence-corrected chi connectivity index (χ2v) is 5.56. The Hall–Kier alpha value is -0.120. The fourth-order valence-corrected chi connectivity index (χ4v) is 2.65. The van der Waals surface area contributed by atoms with Gasteiger partial charge in [0, 0.05) is 37.3 Å². The van der Waals surface area contributed by atoms with Gasteiger partial charge in [0.25, 0.3) is 0 Å². The summed E-state index contributed by atoms with van der Waals surface area (Å²) in [4.78, 5) is 2.62. The molecule has 2 saturated heterocycles. The fraction of sp³-hybridized carbons (Fsp3) is 1.00. The molecule has 0 saturated carbocycles. The van der Waals surface area contributed by atoms with E-state index in [4.69, 9.17) is 4.74 Å². The maximum absolute atomic E-state index is 5.55. The third kappa shape index (κ3) is 2.19. The zero-order valence-electron chi connectivity index (χ0n) is 10.3. The summed E-state index contributed by atoms with van der Waals surface area (Å²) in [6.07, 6.45) is 2.38. The van der Waals surface area contributed by atoms with E-state index in [1.54, 1.807) is 0 Å². The van der Waals surface area contributed by atoms with Crippen molar-refractivity contribution in [3.63, 3.8) is 0 Å². The minimum atomic E-state index is 0.290. The third-order valence-electron chi connectivity index (χ3n) is 4.22. The predicted molar refractivity (Wildman–Crippen MR) is 62.1 cm³/mol. The zero-order chi connectivity index (χ0) is 10.9. The van der Waals surface area contributed by atoms with Crippen LogP contribution in [0.5, 0.6) is 0 Å². The summed E-state index contributed by atoms with van der Waals surface area (Å²) in [5.74, 6) is 0. The zero-order valence-corrected chi connectivity index (χ0v) is 10.3. The summed E-state index contributed by atoms with van der Waals surface area (Å²) in [5.41, 5.74) is 0.586. The van der Waals surface area contributed by atoms with E-state index >= 15 is 0 Å². The van der Waals surface area contributed by atoms with Crippen LogP contribution in [0.15, 0.2) is 0 Å². The van der Waals surface area contributed by atoms with Crippen LogP contribution < -0.4 is 5.32 Å². The Kier molecular flexibility index (Phi) is 3.06. The molecule has 3 nitrogen and oxygen atoms in total. The number of hydrogen-bond donors (Lipinski definition) is 1. The molecule has 2 rings (SSSR count). The Balaban J connectivity index is 2.03. The maximum Gasteiger partial charge on any atom is 0.0648 e. The molecule has 1 N–H and O–H groups in total. The van der Waals surface area contributed by atoms with Crippen LogP contribution in [-0.2, 0) is 4.74 Å². The quantitative estimate of drug-likeness (QED) is 0.745. The fourth-order valence-electron chi connectivity index (χ4n) is 2.65. The van der Waals surface area contributed by atoms with Gasteiger partial charge < -0.3 is 10.1 Å². The lowest BCUT2D eigenvalue weighted by molar-refractivity contribution is 0.0304. The SMILES string of the molecule is CCC1(C)CN(C2(C)CCOC2)CCN1. The Morgan fingerprint density at radius 3 is 2.80 bits per heavy atom. The van der Waals surface area contributed by atoms with Crippen LogP contribution in [0.4, 0.5) is 0 Å². The second-order valence-electron chi connectivity index (χ2n) is 5.56. The molecule has 2 heterocycles. The van der Waals surface area contributed by atoms with Gasteiger partial charge in [-0.1, -0.05) is 6.92 Å². The molecule has 2 fully saturated rings. The lowest BCUT2D eigenvalue weighted by Crippen LogP contribution is -2.64. The van der Waals surface area contributed by atoms with E-state index in [0.29, 0.717) is 11.1 Å². The van der Waals surface area contributed by atoms with E-state index in [-0.39, 0.29) is 0 Å². The summed E-state index contributed by atoms with van der Waals surface area (Å²) < 4.78 is 5.55. The Morgan fingerprint density at radius 2 is 2.20 bits per heavy atom. The molecule has 0 aromatic heterocycles. The van der Waals surface area contributed by atoms with Crippen molar-refractivity contribution in [2.24, 2.45) is 0 Å². The molecule has 3 heteroatoms. The lowest BCUT2D eigenvalue weighted by Gasteiger charge is -2.47. The van der Waals surface area contributed by atoms with Crippen LogP contribution >= 0.6 is 0 Å². The van der Waals surface area contributed by atoms with E-state index in [1.807, 2.05) is 0 Å². The lowest BCUT2D eigenvalue weighted by atomic mass is 9.90. The van der Waals surface area contributed by atoms with Crippen molar-refractivity contribution in [2.45, 2.75) is 44.7 Å². The Morgan fingerprint density at radius 1 is 1.40 bits per heavy atom. The van der Waals surface area contributed by atoms with Gasteiger partial charge in [-0.2, -0.15) is 0 Å². The summed E-state index contributed by atoms with van der Waals surface area (Å²) in [6, 6.07) is 0. The Labute approximate surface area is 93.2 Å². The molecule has 0 spiro atoms. The van der Waals surface area contributed by atoms with Gasteiger partial charge in [-0.15, -0.1) is 0 Å². The highest BCUT2D eigenvalue weighted by atomic mass is 16.5. The van der Waals surface area contributed by atoms with Crippen LogP contribution in [-0.4, -0.2) is 48.8 Å². The van der Waals surface area contributed by atoms with Gasteiger partial charge in [-0.05, 0) is 26.7 Å². The number of piperazine rings is 1. The van der Waals surface area contributed by atoms with Crippen molar-refractivity contribution < 1.29 is 4.74 Å². The highest BCUT2D eigenvalue weighted by Gasteiger charge is 2.40. The molecule has 0 amide bonds. The van der Waals surface area contributed by atoms with Crippen molar-refractivity contribution >= 4 is 0 Å². The van der Waals surface area contributed by atoms with Crippen molar-refractivity contribution in [1.82, 2.24) is 10.2 Å². The summed E-state index contributed by atoms with van der Waals surface area (Å²) >= 11 is 0. The van der Waals surface area contributed by atoms with Crippen LogP contribution in [0, 0.1) is 0 Å². The average Bonchev–Trinajstić information content (AvgIpc) is 2.67. The standard InChI is InChI=1S/C12H24N2O/c1-4-11(2)9-14(7-6-13-11)12(3)5-8-15-10-12/h13H,4-10H2,1-3H3. The third-order valence-corrected chi connectivity index (χ3v) is 4.22. The van der Waals surface area contributed by atoms with Crippen LogP contribution in [0.1, 0.15) is 33.6 Å². The molecular weight excluding hydrogens is 188 g/mol. The number of rotatable bonds is 2. The van der Waals surface area contributed by atoms with Gasteiger partial charge >= 0.3 is 0 Å². The van der Waals surface area contributed by atoms with Gasteiger partial charge in [0.1, 0.15) is 0 Å². The number of ether oxygens (including phenoxy) is 1. The summed E-state index contributed by atoms with van der Waals surface area (Å²) in [6.45, 7) is 12.2. The van der Waals surface area contributed by atoms with Crippen molar-refractivity contribution in [3.8, 4) is 0 Å². The molecule has 0 aliphatic carbocycles. The van der Waals surface area contributed by atoms with E-state index < -0.39 is 0 Å². The Bertz CT molecular complexity index is 226. The van der Waals surface area contributed by atoms with E-state index in [1.165, 1.54) is 12.8 Å². The molecule has 15 heavy (non-hydrogen) atoms. The average molecular weight is 212 g/mol. The molecule has 2 aliphatic heterocycles. The summed E-state index contributed by atoms with van der Waals surface area (Å²) in [5, 5.41) is 3.63. The first-order valence-electron chi connectivity index (χ1n) is 6.16. The van der Waals surface area contributed by atoms with E-state index in [9.17, 15) is 0 Å². The van der Waals surface area contributed by atoms with Gasteiger partial charge in [-0.3, -0.25) is 4.90 Å². The van der Waals surface area contributed by atoms with Crippen molar-refractivity contribution in [2.75, 3.05) is 32.8 Å². The number of hydrogen-bond acceptors (Lipinski definition) is 3. The van der Waals surface area contributed by atoms with E-state index in [2.05, 4.69) is 31.0 Å². The van der Waals surface area contributed by atoms with Crippen molar-refractivity contribution in [3.05, 3.63) is 0 Å². The smallest absolute Gasteiger partial charge is 0.0648 e. The summed E-state index contributed by atoms with van der Waals surface area (Å²) in [7, 11) is 0. The normalized spacial score (nSPS) is 43.4. The van der Waals surface area contributed by atoms with Crippen LogP contribution in [0.2, 0.25) is 0 Å². The number of nitrogens with zero attached hydrogens (tertiary/aromatic N) is 1.